The minimum absolute atomic E-state index is 0.0289. The number of hydrogen-bond acceptors (Lipinski definition) is 2. The average Bonchev–Trinajstić information content (AvgIpc) is 2.53. The van der Waals surface area contributed by atoms with Gasteiger partial charge in [0.2, 0.25) is 0 Å². The zero-order valence-electron chi connectivity index (χ0n) is 6.47. The van der Waals surface area contributed by atoms with Gasteiger partial charge in [-0.2, -0.15) is 0 Å². The van der Waals surface area contributed by atoms with Gasteiger partial charge in [-0.05, 0) is 12.1 Å². The van der Waals surface area contributed by atoms with E-state index < -0.39 is 0 Å². The normalized spacial score (nSPS) is 15.7. The topological polar surface area (TPSA) is 32.7 Å². The van der Waals surface area contributed by atoms with E-state index in [9.17, 15) is 4.79 Å². The van der Waals surface area contributed by atoms with Crippen LogP contribution in [0.1, 0.15) is 0 Å². The van der Waals surface area contributed by atoms with Gasteiger partial charge in [-0.25, -0.2) is 0 Å². The van der Waals surface area contributed by atoms with Crippen LogP contribution in [-0.4, -0.2) is 18.8 Å². The van der Waals surface area contributed by atoms with E-state index in [1.54, 1.807) is 11.2 Å². The quantitative estimate of drug-likeness (QED) is 0.604. The molecule has 0 spiro atoms. The van der Waals surface area contributed by atoms with Crippen LogP contribution in [0.5, 0.6) is 0 Å². The Morgan fingerprint density at radius 3 is 2.58 bits per heavy atom. The number of carbonyl (C=O) groups is 1. The highest BCUT2D eigenvalue weighted by molar-refractivity contribution is 6.12. The SMILES string of the molecule is O=C1CN=CN1c1ccccc1. The molecule has 1 aromatic carbocycles. The summed E-state index contributed by atoms with van der Waals surface area (Å²) >= 11 is 0. The van der Waals surface area contributed by atoms with E-state index in [2.05, 4.69) is 4.99 Å². The standard InChI is InChI=1S/C9H8N2O/c12-9-6-10-7-11(9)8-4-2-1-3-5-8/h1-5,7H,6H2. The number of benzene rings is 1. The first-order valence-electron chi connectivity index (χ1n) is 3.75. The van der Waals surface area contributed by atoms with Crippen LogP contribution in [-0.2, 0) is 4.79 Å². The Kier molecular flexibility index (Phi) is 1.63. The fourth-order valence-electron chi connectivity index (χ4n) is 1.14. The second-order valence-electron chi connectivity index (χ2n) is 2.56. The van der Waals surface area contributed by atoms with E-state index in [0.29, 0.717) is 0 Å². The minimum atomic E-state index is 0.0289. The maximum atomic E-state index is 11.2. The van der Waals surface area contributed by atoms with Gasteiger partial charge >= 0.3 is 0 Å². The summed E-state index contributed by atoms with van der Waals surface area (Å²) in [6.45, 7) is 0.273. The summed E-state index contributed by atoms with van der Waals surface area (Å²) in [4.78, 5) is 16.6. The fourth-order valence-corrected chi connectivity index (χ4v) is 1.14. The molecule has 1 aliphatic heterocycles. The molecule has 0 bridgehead atoms. The molecule has 0 fully saturated rings. The van der Waals surface area contributed by atoms with Crippen LogP contribution in [0, 0.1) is 0 Å². The van der Waals surface area contributed by atoms with Gasteiger partial charge in [-0.3, -0.25) is 14.7 Å². The number of rotatable bonds is 1. The molecule has 0 radical (unpaired) electrons. The van der Waals surface area contributed by atoms with Gasteiger partial charge in [0, 0.05) is 5.69 Å². The van der Waals surface area contributed by atoms with Crippen molar-refractivity contribution in [2.45, 2.75) is 0 Å². The summed E-state index contributed by atoms with van der Waals surface area (Å²) in [6, 6.07) is 9.48. The second-order valence-corrected chi connectivity index (χ2v) is 2.56. The van der Waals surface area contributed by atoms with Gasteiger partial charge in [0.25, 0.3) is 5.91 Å². The molecule has 1 amide bonds. The van der Waals surface area contributed by atoms with E-state index in [4.69, 9.17) is 0 Å². The van der Waals surface area contributed by atoms with Crippen molar-refractivity contribution in [2.75, 3.05) is 11.4 Å². The van der Waals surface area contributed by atoms with Crippen molar-refractivity contribution in [3.8, 4) is 0 Å². The number of aliphatic imine (C=N–C) groups is 1. The summed E-state index contributed by atoms with van der Waals surface area (Å²) in [7, 11) is 0. The van der Waals surface area contributed by atoms with Crippen LogP contribution in [0.4, 0.5) is 5.69 Å². The van der Waals surface area contributed by atoms with Crippen LogP contribution < -0.4 is 4.90 Å². The zero-order valence-corrected chi connectivity index (χ0v) is 6.47. The molecule has 12 heavy (non-hydrogen) atoms. The summed E-state index contributed by atoms with van der Waals surface area (Å²) in [5, 5.41) is 0. The van der Waals surface area contributed by atoms with Crippen molar-refractivity contribution in [1.82, 2.24) is 0 Å². The zero-order chi connectivity index (χ0) is 8.39. The number of amides is 1. The molecule has 1 aromatic rings. The maximum absolute atomic E-state index is 11.2. The average molecular weight is 160 g/mol. The van der Waals surface area contributed by atoms with E-state index in [1.807, 2.05) is 30.3 Å². The summed E-state index contributed by atoms with van der Waals surface area (Å²) in [5.74, 6) is 0.0289. The lowest BCUT2D eigenvalue weighted by atomic mass is 10.3. The van der Waals surface area contributed by atoms with Gasteiger partial charge in [0.15, 0.2) is 0 Å². The third kappa shape index (κ3) is 1.09. The third-order valence-corrected chi connectivity index (χ3v) is 1.73. The van der Waals surface area contributed by atoms with Crippen molar-refractivity contribution in [3.05, 3.63) is 30.3 Å². The Bertz CT molecular complexity index is 319. The Morgan fingerprint density at radius 1 is 1.25 bits per heavy atom. The lowest BCUT2D eigenvalue weighted by Crippen LogP contribution is -2.25. The second kappa shape index (κ2) is 2.77. The molecule has 0 aliphatic carbocycles. The highest BCUT2D eigenvalue weighted by Gasteiger charge is 2.16. The molecule has 60 valence electrons. The predicted molar refractivity (Wildman–Crippen MR) is 47.3 cm³/mol. The van der Waals surface area contributed by atoms with Gasteiger partial charge in [-0.15, -0.1) is 0 Å². The number of anilines is 1. The van der Waals surface area contributed by atoms with Crippen LogP contribution in [0.3, 0.4) is 0 Å². The lowest BCUT2D eigenvalue weighted by Gasteiger charge is -2.10. The Labute approximate surface area is 70.3 Å². The maximum Gasteiger partial charge on any atom is 0.253 e. The molecule has 1 aliphatic rings. The lowest BCUT2D eigenvalue weighted by molar-refractivity contribution is -0.115. The smallest absolute Gasteiger partial charge is 0.253 e. The van der Waals surface area contributed by atoms with Crippen LogP contribution in [0.15, 0.2) is 35.3 Å². The Hall–Kier alpha value is -1.64. The van der Waals surface area contributed by atoms with Crippen molar-refractivity contribution in [3.63, 3.8) is 0 Å². The molecule has 0 unspecified atom stereocenters. The van der Waals surface area contributed by atoms with E-state index in [1.165, 1.54) is 0 Å². The number of hydrogen-bond donors (Lipinski definition) is 0. The molecular formula is C9H8N2O. The molecule has 1 heterocycles. The molecule has 0 N–H and O–H groups in total. The van der Waals surface area contributed by atoms with Gasteiger partial charge < -0.3 is 0 Å². The van der Waals surface area contributed by atoms with Crippen molar-refractivity contribution >= 4 is 17.9 Å². The van der Waals surface area contributed by atoms with E-state index in [-0.39, 0.29) is 12.5 Å². The summed E-state index contributed by atoms with van der Waals surface area (Å²) < 4.78 is 0. The molecule has 2 rings (SSSR count). The van der Waals surface area contributed by atoms with Crippen LogP contribution in [0.25, 0.3) is 0 Å². The largest absolute Gasteiger partial charge is 0.272 e. The van der Waals surface area contributed by atoms with Crippen molar-refractivity contribution < 1.29 is 4.79 Å². The summed E-state index contributed by atoms with van der Waals surface area (Å²) in [6.07, 6.45) is 1.57. The number of carbonyl (C=O) groups excluding carboxylic acids is 1. The van der Waals surface area contributed by atoms with Crippen molar-refractivity contribution in [1.29, 1.82) is 0 Å². The van der Waals surface area contributed by atoms with E-state index >= 15 is 0 Å². The van der Waals surface area contributed by atoms with Gasteiger partial charge in [0.1, 0.15) is 6.54 Å². The Balaban J connectivity index is 2.31. The van der Waals surface area contributed by atoms with E-state index in [0.717, 1.165) is 5.69 Å². The predicted octanol–water partition coefficient (Wildman–Crippen LogP) is 1.06. The monoisotopic (exact) mass is 160 g/mol. The first-order chi connectivity index (χ1) is 5.88. The van der Waals surface area contributed by atoms with Gasteiger partial charge in [-0.1, -0.05) is 18.2 Å². The molecule has 0 aromatic heterocycles. The minimum Gasteiger partial charge on any atom is -0.272 e. The number of para-hydroxylation sites is 1. The van der Waals surface area contributed by atoms with Crippen molar-refractivity contribution in [2.24, 2.45) is 4.99 Å². The Morgan fingerprint density at radius 2 is 2.00 bits per heavy atom. The highest BCUT2D eigenvalue weighted by atomic mass is 16.2. The van der Waals surface area contributed by atoms with Gasteiger partial charge in [0.05, 0.1) is 6.34 Å². The molecule has 0 saturated carbocycles. The first kappa shape index (κ1) is 7.03. The fraction of sp³-hybridized carbons (Fsp3) is 0.111. The molecule has 0 atom stereocenters. The molecule has 3 heteroatoms. The van der Waals surface area contributed by atoms with Crippen LogP contribution in [0.2, 0.25) is 0 Å². The highest BCUT2D eigenvalue weighted by Crippen LogP contribution is 2.13. The number of nitrogens with zero attached hydrogens (tertiary/aromatic N) is 2. The van der Waals surface area contributed by atoms with Crippen LogP contribution >= 0.6 is 0 Å². The molecule has 3 nitrogen and oxygen atoms in total. The molecule has 0 saturated heterocycles. The first-order valence-corrected chi connectivity index (χ1v) is 3.75. The molecular weight excluding hydrogens is 152 g/mol. The third-order valence-electron chi connectivity index (χ3n) is 1.73. The summed E-state index contributed by atoms with van der Waals surface area (Å²) in [5.41, 5.74) is 0.878.